The summed E-state index contributed by atoms with van der Waals surface area (Å²) in [6.07, 6.45) is 0.558. The normalized spacial score (nSPS) is 23.6. The van der Waals surface area contributed by atoms with E-state index in [2.05, 4.69) is 0 Å². The highest BCUT2D eigenvalue weighted by Crippen LogP contribution is 2.17. The van der Waals surface area contributed by atoms with Crippen molar-refractivity contribution < 1.29 is 28.5 Å². The van der Waals surface area contributed by atoms with E-state index in [9.17, 15) is 9.59 Å². The minimum atomic E-state index is -0.856. The van der Waals surface area contributed by atoms with Gasteiger partial charge in [0, 0.05) is 6.92 Å². The first-order valence-corrected chi connectivity index (χ1v) is 6.93. The van der Waals surface area contributed by atoms with Gasteiger partial charge < -0.3 is 18.9 Å². The number of benzene rings is 1. The Morgan fingerprint density at radius 1 is 1.14 bits per heavy atom. The summed E-state index contributed by atoms with van der Waals surface area (Å²) < 4.78 is 20.5. The molecule has 0 aromatic heterocycles. The van der Waals surface area contributed by atoms with Gasteiger partial charge in [0.15, 0.2) is 0 Å². The summed E-state index contributed by atoms with van der Waals surface area (Å²) in [4.78, 5) is 22.5. The maximum absolute atomic E-state index is 11.6. The van der Waals surface area contributed by atoms with E-state index in [0.717, 1.165) is 5.56 Å². The van der Waals surface area contributed by atoms with Crippen LogP contribution in [0.2, 0.25) is 0 Å². The van der Waals surface area contributed by atoms with Gasteiger partial charge in [-0.25, -0.2) is 4.79 Å². The van der Waals surface area contributed by atoms with Gasteiger partial charge in [-0.1, -0.05) is 30.3 Å². The zero-order chi connectivity index (χ0) is 15.9. The molecule has 1 aromatic rings. The molecule has 0 bridgehead atoms. The summed E-state index contributed by atoms with van der Waals surface area (Å²) in [6.45, 7) is 3.18. The van der Waals surface area contributed by atoms with Gasteiger partial charge in [0.2, 0.25) is 6.29 Å². The molecule has 0 spiro atoms. The second-order valence-electron chi connectivity index (χ2n) is 4.81. The molecule has 0 fully saturated rings. The Morgan fingerprint density at radius 2 is 1.86 bits per heavy atom. The predicted octanol–water partition coefficient (Wildman–Crippen LogP) is 2.57. The van der Waals surface area contributed by atoms with E-state index >= 15 is 0 Å². The molecular weight excluding hydrogens is 288 g/mol. The van der Waals surface area contributed by atoms with Gasteiger partial charge in [0.25, 0.3) is 0 Å². The van der Waals surface area contributed by atoms with Crippen molar-refractivity contribution in [1.29, 1.82) is 0 Å². The second-order valence-corrected chi connectivity index (χ2v) is 4.81. The minimum Gasteiger partial charge on any atom is -0.456 e. The third kappa shape index (κ3) is 4.89. The van der Waals surface area contributed by atoms with Crippen LogP contribution >= 0.6 is 0 Å². The molecule has 1 heterocycles. The number of carbonyl (C=O) groups is 2. The monoisotopic (exact) mass is 306 g/mol. The summed E-state index contributed by atoms with van der Waals surface area (Å²) >= 11 is 0. The fourth-order valence-electron chi connectivity index (χ4n) is 1.93. The van der Waals surface area contributed by atoms with Crippen LogP contribution in [0.1, 0.15) is 19.4 Å². The lowest BCUT2D eigenvalue weighted by Gasteiger charge is -2.28. The lowest BCUT2D eigenvalue weighted by molar-refractivity contribution is -0.172. The van der Waals surface area contributed by atoms with E-state index in [4.69, 9.17) is 18.9 Å². The first-order valence-electron chi connectivity index (χ1n) is 6.93. The molecular formula is C16H18O6. The molecule has 0 radical (unpaired) electrons. The highest BCUT2D eigenvalue weighted by atomic mass is 16.8. The van der Waals surface area contributed by atoms with E-state index in [0.29, 0.717) is 0 Å². The molecule has 0 aliphatic carbocycles. The van der Waals surface area contributed by atoms with E-state index < -0.39 is 30.6 Å². The van der Waals surface area contributed by atoms with E-state index in [1.165, 1.54) is 13.0 Å². The molecule has 0 N–H and O–H groups in total. The largest absolute Gasteiger partial charge is 0.511 e. The molecule has 0 unspecified atom stereocenters. The molecule has 1 aliphatic rings. The van der Waals surface area contributed by atoms with Crippen LogP contribution in [0.5, 0.6) is 0 Å². The lowest BCUT2D eigenvalue weighted by atomic mass is 10.1. The van der Waals surface area contributed by atoms with Crippen LogP contribution in [-0.2, 0) is 30.3 Å². The van der Waals surface area contributed by atoms with Crippen molar-refractivity contribution in [2.45, 2.75) is 39.0 Å². The zero-order valence-electron chi connectivity index (χ0n) is 12.4. The number of carbonyl (C=O) groups excluding carboxylic acids is 2. The summed E-state index contributed by atoms with van der Waals surface area (Å²) in [7, 11) is 0. The molecule has 2 rings (SSSR count). The van der Waals surface area contributed by atoms with Crippen LogP contribution in [-0.4, -0.2) is 30.6 Å². The van der Waals surface area contributed by atoms with E-state index in [1.807, 2.05) is 30.3 Å². The van der Waals surface area contributed by atoms with Crippen LogP contribution < -0.4 is 0 Å². The molecule has 118 valence electrons. The van der Waals surface area contributed by atoms with Crippen molar-refractivity contribution in [1.82, 2.24) is 0 Å². The van der Waals surface area contributed by atoms with Crippen molar-refractivity contribution in [2.75, 3.05) is 0 Å². The van der Waals surface area contributed by atoms with E-state index in [-0.39, 0.29) is 6.61 Å². The molecule has 0 saturated heterocycles. The summed E-state index contributed by atoms with van der Waals surface area (Å²) in [6, 6.07) is 9.28. The smallest absolute Gasteiger partial charge is 0.456 e. The van der Waals surface area contributed by atoms with Gasteiger partial charge in [-0.15, -0.1) is 0 Å². The van der Waals surface area contributed by atoms with E-state index in [1.54, 1.807) is 13.0 Å². The standard InChI is InChI=1S/C16H18O6/c1-11-14(21-12(2)17)8-9-15(20-11)22-16(18)19-10-13-6-4-3-5-7-13/h3-9,11,14-15H,10H2,1-2H3/t11-,14+,15+/m0/s1. The molecule has 22 heavy (non-hydrogen) atoms. The van der Waals surface area contributed by atoms with Crippen LogP contribution in [0, 0.1) is 0 Å². The Balaban J connectivity index is 1.79. The van der Waals surface area contributed by atoms with Crippen LogP contribution in [0.3, 0.4) is 0 Å². The quantitative estimate of drug-likeness (QED) is 0.629. The molecule has 6 nitrogen and oxygen atoms in total. The summed E-state index contributed by atoms with van der Waals surface area (Å²) in [5.74, 6) is -0.397. The van der Waals surface area contributed by atoms with Gasteiger partial charge in [-0.05, 0) is 24.6 Å². The first-order chi connectivity index (χ1) is 10.5. The Bertz CT molecular complexity index is 539. The molecule has 1 aliphatic heterocycles. The number of rotatable bonds is 4. The number of ether oxygens (including phenoxy) is 4. The van der Waals surface area contributed by atoms with Crippen LogP contribution in [0.15, 0.2) is 42.5 Å². The highest BCUT2D eigenvalue weighted by Gasteiger charge is 2.28. The van der Waals surface area contributed by atoms with Gasteiger partial charge in [-0.3, -0.25) is 4.79 Å². The summed E-state index contributed by atoms with van der Waals surface area (Å²) in [5.41, 5.74) is 0.864. The predicted molar refractivity (Wildman–Crippen MR) is 76.7 cm³/mol. The Morgan fingerprint density at radius 3 is 2.50 bits per heavy atom. The number of hydrogen-bond donors (Lipinski definition) is 0. The topological polar surface area (TPSA) is 71.1 Å². The van der Waals surface area contributed by atoms with Crippen molar-refractivity contribution in [3.63, 3.8) is 0 Å². The van der Waals surface area contributed by atoms with Crippen LogP contribution in [0.4, 0.5) is 4.79 Å². The average molecular weight is 306 g/mol. The van der Waals surface area contributed by atoms with Gasteiger partial charge in [0.05, 0.1) is 6.10 Å². The fourth-order valence-corrected chi connectivity index (χ4v) is 1.93. The molecule has 3 atom stereocenters. The van der Waals surface area contributed by atoms with Gasteiger partial charge >= 0.3 is 12.1 Å². The Kier molecular flexibility index (Phi) is 5.55. The first kappa shape index (κ1) is 16.0. The van der Waals surface area contributed by atoms with Gasteiger partial charge in [0.1, 0.15) is 12.7 Å². The number of esters is 1. The minimum absolute atomic E-state index is 0.127. The highest BCUT2D eigenvalue weighted by molar-refractivity contribution is 5.66. The van der Waals surface area contributed by atoms with Crippen molar-refractivity contribution in [3.8, 4) is 0 Å². The van der Waals surface area contributed by atoms with Gasteiger partial charge in [-0.2, -0.15) is 0 Å². The number of hydrogen-bond acceptors (Lipinski definition) is 6. The SMILES string of the molecule is CC(=O)O[C@@H]1C=C[C@@H](OC(=O)OCc2ccccc2)O[C@H]1C. The average Bonchev–Trinajstić information content (AvgIpc) is 2.49. The molecule has 0 amide bonds. The third-order valence-electron chi connectivity index (χ3n) is 2.98. The molecule has 1 aromatic carbocycles. The Labute approximate surface area is 128 Å². The van der Waals surface area contributed by atoms with Crippen molar-refractivity contribution in [3.05, 3.63) is 48.0 Å². The van der Waals surface area contributed by atoms with Crippen molar-refractivity contribution >= 4 is 12.1 Å². The molecule has 6 heteroatoms. The Hall–Kier alpha value is -2.34. The van der Waals surface area contributed by atoms with Crippen molar-refractivity contribution in [2.24, 2.45) is 0 Å². The summed E-state index contributed by atoms with van der Waals surface area (Å²) in [5, 5.41) is 0. The second kappa shape index (κ2) is 7.61. The zero-order valence-corrected chi connectivity index (χ0v) is 12.4. The van der Waals surface area contributed by atoms with Crippen LogP contribution in [0.25, 0.3) is 0 Å². The fraction of sp³-hybridized carbons (Fsp3) is 0.375. The third-order valence-corrected chi connectivity index (χ3v) is 2.98. The maximum Gasteiger partial charge on any atom is 0.511 e. The lowest BCUT2D eigenvalue weighted by Crippen LogP contribution is -2.37. The maximum atomic E-state index is 11.6. The molecule has 0 saturated carbocycles.